The van der Waals surface area contributed by atoms with Crippen molar-refractivity contribution in [2.24, 2.45) is 11.8 Å². The van der Waals surface area contributed by atoms with Crippen LogP contribution in [0.1, 0.15) is 57.1 Å². The predicted molar refractivity (Wildman–Crippen MR) is 131 cm³/mol. The van der Waals surface area contributed by atoms with Crippen molar-refractivity contribution in [1.82, 2.24) is 4.90 Å². The molecule has 3 rings (SSSR count). The van der Waals surface area contributed by atoms with E-state index in [0.717, 1.165) is 54.6 Å². The second-order valence-electron chi connectivity index (χ2n) is 9.19. The van der Waals surface area contributed by atoms with Crippen molar-refractivity contribution in [3.8, 4) is 0 Å². The molecular weight excluding hydrogens is 417 g/mol. The highest BCUT2D eigenvalue weighted by Gasteiger charge is 2.26. The number of rotatable bonds is 10. The minimum absolute atomic E-state index is 0.0644. The molecule has 5 nitrogen and oxygen atoms in total. The first kappa shape index (κ1) is 24.7. The molecule has 1 aliphatic rings. The Morgan fingerprint density at radius 2 is 1.79 bits per heavy atom. The summed E-state index contributed by atoms with van der Waals surface area (Å²) in [6, 6.07) is 12.3. The van der Waals surface area contributed by atoms with Crippen LogP contribution in [0.5, 0.6) is 0 Å². The van der Waals surface area contributed by atoms with Crippen LogP contribution < -0.4 is 10.2 Å². The van der Waals surface area contributed by atoms with Crippen molar-refractivity contribution in [3.05, 3.63) is 59.4 Å². The van der Waals surface area contributed by atoms with Crippen LogP contribution in [0.25, 0.3) is 0 Å². The molecule has 0 aliphatic heterocycles. The Morgan fingerprint density at radius 1 is 1.06 bits per heavy atom. The van der Waals surface area contributed by atoms with Gasteiger partial charge in [-0.25, -0.2) is 4.39 Å². The summed E-state index contributed by atoms with van der Waals surface area (Å²) in [4.78, 5) is 29.7. The summed E-state index contributed by atoms with van der Waals surface area (Å²) in [5.74, 6) is -0.157. The van der Waals surface area contributed by atoms with E-state index < -0.39 is 0 Å². The van der Waals surface area contributed by atoms with Crippen LogP contribution in [0.3, 0.4) is 0 Å². The van der Waals surface area contributed by atoms with Gasteiger partial charge >= 0.3 is 0 Å². The number of nitrogens with zero attached hydrogens (tertiary/aromatic N) is 2. The van der Waals surface area contributed by atoms with E-state index in [1.165, 1.54) is 12.1 Å². The maximum Gasteiger partial charge on any atom is 0.227 e. The fourth-order valence-corrected chi connectivity index (χ4v) is 4.31. The first-order chi connectivity index (χ1) is 15.8. The molecule has 0 bridgehead atoms. The summed E-state index contributed by atoms with van der Waals surface area (Å²) in [6.07, 6.45) is 4.51. The number of nitrogens with one attached hydrogen (secondary N) is 1. The van der Waals surface area contributed by atoms with Crippen molar-refractivity contribution in [2.75, 3.05) is 24.3 Å². The molecule has 0 spiro atoms. The average Bonchev–Trinajstić information content (AvgIpc) is 2.72. The molecule has 2 aromatic carbocycles. The zero-order valence-electron chi connectivity index (χ0n) is 20.2. The molecule has 1 N–H and O–H groups in total. The van der Waals surface area contributed by atoms with Crippen molar-refractivity contribution in [2.45, 2.75) is 59.0 Å². The standard InChI is InChI=1S/C27H36FN3O2/c1-5-20(6-2)27(33)31(17-19-9-7-12-23(28)15-19)18-22-16-24(13-14-25(22)30(3)4)29-26(32)21-10-8-11-21/h7,9,12-16,20-21H,5-6,8,10-11,17-18H2,1-4H3,(H,29,32). The van der Waals surface area contributed by atoms with Crippen LogP contribution in [-0.2, 0) is 22.7 Å². The monoisotopic (exact) mass is 453 g/mol. The summed E-state index contributed by atoms with van der Waals surface area (Å²) in [5, 5.41) is 3.04. The van der Waals surface area contributed by atoms with Crippen LogP contribution in [0.2, 0.25) is 0 Å². The van der Waals surface area contributed by atoms with Gasteiger partial charge in [0.1, 0.15) is 5.82 Å². The number of hydrogen-bond acceptors (Lipinski definition) is 3. The molecule has 2 aromatic rings. The lowest BCUT2D eigenvalue weighted by atomic mass is 9.85. The number of carbonyl (C=O) groups excluding carboxylic acids is 2. The first-order valence-corrected chi connectivity index (χ1v) is 12.0. The lowest BCUT2D eigenvalue weighted by Gasteiger charge is -2.29. The van der Waals surface area contributed by atoms with Gasteiger partial charge in [-0.15, -0.1) is 0 Å². The number of anilines is 2. The second kappa shape index (κ2) is 11.3. The van der Waals surface area contributed by atoms with E-state index in [-0.39, 0.29) is 29.5 Å². The van der Waals surface area contributed by atoms with Gasteiger partial charge in [0.25, 0.3) is 0 Å². The van der Waals surface area contributed by atoms with E-state index in [1.54, 1.807) is 6.07 Å². The van der Waals surface area contributed by atoms with Gasteiger partial charge in [0.2, 0.25) is 11.8 Å². The first-order valence-electron chi connectivity index (χ1n) is 12.0. The van der Waals surface area contributed by atoms with E-state index in [0.29, 0.717) is 13.1 Å². The third kappa shape index (κ3) is 6.34. The molecule has 0 heterocycles. The van der Waals surface area contributed by atoms with Crippen LogP contribution >= 0.6 is 0 Å². The van der Waals surface area contributed by atoms with E-state index >= 15 is 0 Å². The second-order valence-corrected chi connectivity index (χ2v) is 9.19. The Morgan fingerprint density at radius 3 is 2.36 bits per heavy atom. The fourth-order valence-electron chi connectivity index (χ4n) is 4.31. The molecule has 0 aromatic heterocycles. The summed E-state index contributed by atoms with van der Waals surface area (Å²) in [7, 11) is 3.93. The van der Waals surface area contributed by atoms with Crippen molar-refractivity contribution < 1.29 is 14.0 Å². The maximum atomic E-state index is 13.8. The molecule has 178 valence electrons. The molecule has 2 amide bonds. The molecule has 33 heavy (non-hydrogen) atoms. The van der Waals surface area contributed by atoms with Gasteiger partial charge in [-0.3, -0.25) is 9.59 Å². The fraction of sp³-hybridized carbons (Fsp3) is 0.481. The Hall–Kier alpha value is -2.89. The molecule has 1 aliphatic carbocycles. The number of carbonyl (C=O) groups is 2. The van der Waals surface area contributed by atoms with Gasteiger partial charge in [0.05, 0.1) is 0 Å². The molecule has 0 atom stereocenters. The molecule has 1 fully saturated rings. The predicted octanol–water partition coefficient (Wildman–Crippen LogP) is 5.60. The van der Waals surface area contributed by atoms with E-state index in [9.17, 15) is 14.0 Å². The Bertz CT molecular complexity index is 968. The van der Waals surface area contributed by atoms with Gasteiger partial charge in [0.15, 0.2) is 0 Å². The van der Waals surface area contributed by atoms with Crippen LogP contribution in [0.15, 0.2) is 42.5 Å². The Kier molecular flexibility index (Phi) is 8.48. The smallest absolute Gasteiger partial charge is 0.227 e. The van der Waals surface area contributed by atoms with E-state index in [2.05, 4.69) is 5.32 Å². The SMILES string of the molecule is CCC(CC)C(=O)N(Cc1cccc(F)c1)Cc1cc(NC(=O)C2CCC2)ccc1N(C)C. The van der Waals surface area contributed by atoms with Crippen LogP contribution in [0, 0.1) is 17.7 Å². The highest BCUT2D eigenvalue weighted by atomic mass is 19.1. The molecule has 6 heteroatoms. The molecule has 0 unspecified atom stereocenters. The average molecular weight is 454 g/mol. The topological polar surface area (TPSA) is 52.7 Å². The number of halogens is 1. The van der Waals surface area contributed by atoms with Gasteiger partial charge in [-0.1, -0.05) is 32.4 Å². The number of benzene rings is 2. The normalized spacial score (nSPS) is 13.5. The number of amides is 2. The molecule has 1 saturated carbocycles. The summed E-state index contributed by atoms with van der Waals surface area (Å²) < 4.78 is 13.8. The minimum Gasteiger partial charge on any atom is -0.377 e. The van der Waals surface area contributed by atoms with Gasteiger partial charge in [-0.05, 0) is 67.1 Å². The lowest BCUT2D eigenvalue weighted by molar-refractivity contribution is -0.137. The van der Waals surface area contributed by atoms with Crippen LogP contribution in [-0.4, -0.2) is 30.8 Å². The minimum atomic E-state index is -0.308. The summed E-state index contributed by atoms with van der Waals surface area (Å²) >= 11 is 0. The largest absolute Gasteiger partial charge is 0.377 e. The van der Waals surface area contributed by atoms with Crippen molar-refractivity contribution >= 4 is 23.2 Å². The van der Waals surface area contributed by atoms with Gasteiger partial charge in [0, 0.05) is 50.4 Å². The maximum absolute atomic E-state index is 13.8. The lowest BCUT2D eigenvalue weighted by Crippen LogP contribution is -2.35. The van der Waals surface area contributed by atoms with Crippen LogP contribution in [0.4, 0.5) is 15.8 Å². The third-order valence-electron chi connectivity index (χ3n) is 6.57. The zero-order valence-corrected chi connectivity index (χ0v) is 20.2. The van der Waals surface area contributed by atoms with Crippen molar-refractivity contribution in [1.29, 1.82) is 0 Å². The highest BCUT2D eigenvalue weighted by Crippen LogP contribution is 2.30. The molecule has 0 saturated heterocycles. The Labute approximate surface area is 197 Å². The zero-order chi connectivity index (χ0) is 24.0. The molecule has 0 radical (unpaired) electrons. The summed E-state index contributed by atoms with van der Waals surface area (Å²) in [6.45, 7) is 4.76. The number of hydrogen-bond donors (Lipinski definition) is 1. The third-order valence-corrected chi connectivity index (χ3v) is 6.57. The highest BCUT2D eigenvalue weighted by molar-refractivity contribution is 5.93. The van der Waals surface area contributed by atoms with Gasteiger partial charge < -0.3 is 15.1 Å². The quantitative estimate of drug-likeness (QED) is 0.510. The Balaban J connectivity index is 1.90. The van der Waals surface area contributed by atoms with E-state index in [4.69, 9.17) is 0 Å². The van der Waals surface area contributed by atoms with Gasteiger partial charge in [-0.2, -0.15) is 0 Å². The van der Waals surface area contributed by atoms with Crippen molar-refractivity contribution in [3.63, 3.8) is 0 Å². The summed E-state index contributed by atoms with van der Waals surface area (Å²) in [5.41, 5.74) is 3.43. The molecular formula is C27H36FN3O2. The van der Waals surface area contributed by atoms with E-state index in [1.807, 2.05) is 62.0 Å².